The fraction of sp³-hybridized carbons (Fsp3) is 0.700. The van der Waals surface area contributed by atoms with Crippen molar-refractivity contribution < 1.29 is 9.53 Å². The Morgan fingerprint density at radius 1 is 1.58 bits per heavy atom. The number of esters is 1. The number of carbonyl (C=O) groups excluding carboxylic acids is 1. The molecule has 66 valence electrons. The average molecular weight is 166 g/mol. The van der Waals surface area contributed by atoms with Crippen LogP contribution in [0, 0.1) is 17.8 Å². The molecule has 0 radical (unpaired) electrons. The summed E-state index contributed by atoms with van der Waals surface area (Å²) in [4.78, 5) is 11.4. The molecule has 0 saturated carbocycles. The van der Waals surface area contributed by atoms with Gasteiger partial charge in [0.15, 0.2) is 0 Å². The topological polar surface area (TPSA) is 26.3 Å². The lowest BCUT2D eigenvalue weighted by molar-refractivity contribution is -0.158. The maximum Gasteiger partial charge on any atom is 0.309 e. The zero-order chi connectivity index (χ0) is 8.55. The van der Waals surface area contributed by atoms with Crippen LogP contribution in [0.15, 0.2) is 12.2 Å². The maximum atomic E-state index is 11.4. The lowest BCUT2D eigenvalue weighted by Gasteiger charge is -2.34. The van der Waals surface area contributed by atoms with Crippen LogP contribution in [0.1, 0.15) is 19.8 Å². The van der Waals surface area contributed by atoms with Crippen molar-refractivity contribution >= 4 is 5.97 Å². The number of carbonyl (C=O) groups is 1. The molecular formula is C10H14O2. The summed E-state index contributed by atoms with van der Waals surface area (Å²) in [6.07, 6.45) is 6.44. The van der Waals surface area contributed by atoms with Gasteiger partial charge in [-0.05, 0) is 24.7 Å². The van der Waals surface area contributed by atoms with E-state index in [2.05, 4.69) is 19.1 Å². The van der Waals surface area contributed by atoms with Crippen molar-refractivity contribution in [1.82, 2.24) is 0 Å². The summed E-state index contributed by atoms with van der Waals surface area (Å²) in [6, 6.07) is 0. The summed E-state index contributed by atoms with van der Waals surface area (Å²) in [5.41, 5.74) is 0. The minimum absolute atomic E-state index is 0.0168. The minimum atomic E-state index is 0.0168. The summed E-state index contributed by atoms with van der Waals surface area (Å²) in [5, 5.41) is 0. The van der Waals surface area contributed by atoms with Gasteiger partial charge in [0.25, 0.3) is 0 Å². The zero-order valence-electron chi connectivity index (χ0n) is 7.32. The molecule has 1 aliphatic heterocycles. The molecule has 0 N–H and O–H groups in total. The second kappa shape index (κ2) is 2.92. The SMILES string of the molecule is C[C@@H]1C=CC[C@@H]2CCOC(=O)[C@H]21. The number of fused-ring (bicyclic) bond motifs is 1. The third-order valence-electron chi connectivity index (χ3n) is 2.96. The number of allylic oxidation sites excluding steroid dienone is 2. The van der Waals surface area contributed by atoms with Crippen molar-refractivity contribution in [3.8, 4) is 0 Å². The highest BCUT2D eigenvalue weighted by Gasteiger charge is 2.37. The molecule has 0 unspecified atom stereocenters. The largest absolute Gasteiger partial charge is 0.465 e. The van der Waals surface area contributed by atoms with Gasteiger partial charge in [-0.15, -0.1) is 0 Å². The fourth-order valence-electron chi connectivity index (χ4n) is 2.28. The molecule has 1 saturated heterocycles. The molecule has 0 aromatic carbocycles. The molecule has 2 rings (SSSR count). The Bertz CT molecular complexity index is 220. The van der Waals surface area contributed by atoms with Crippen LogP contribution in [0.3, 0.4) is 0 Å². The highest BCUT2D eigenvalue weighted by molar-refractivity contribution is 5.74. The molecule has 0 bridgehead atoms. The summed E-state index contributed by atoms with van der Waals surface area (Å²) in [7, 11) is 0. The molecule has 0 amide bonds. The Balaban J connectivity index is 2.20. The molecular weight excluding hydrogens is 152 g/mol. The van der Waals surface area contributed by atoms with E-state index in [9.17, 15) is 4.79 Å². The smallest absolute Gasteiger partial charge is 0.309 e. The molecule has 2 aliphatic rings. The van der Waals surface area contributed by atoms with Gasteiger partial charge in [-0.2, -0.15) is 0 Å². The van der Waals surface area contributed by atoms with Gasteiger partial charge >= 0.3 is 5.97 Å². The molecule has 1 aliphatic carbocycles. The van der Waals surface area contributed by atoms with E-state index in [4.69, 9.17) is 4.74 Å². The summed E-state index contributed by atoms with van der Waals surface area (Å²) in [5.74, 6) is 1.08. The van der Waals surface area contributed by atoms with Crippen LogP contribution < -0.4 is 0 Å². The van der Waals surface area contributed by atoms with Gasteiger partial charge < -0.3 is 4.74 Å². The highest BCUT2D eigenvalue weighted by Crippen LogP contribution is 2.35. The van der Waals surface area contributed by atoms with E-state index in [0.29, 0.717) is 18.4 Å². The lowest BCUT2D eigenvalue weighted by atomic mass is 9.74. The first-order valence-corrected chi connectivity index (χ1v) is 4.62. The van der Waals surface area contributed by atoms with E-state index in [1.54, 1.807) is 0 Å². The molecule has 0 aromatic rings. The van der Waals surface area contributed by atoms with Crippen molar-refractivity contribution in [2.75, 3.05) is 6.61 Å². The van der Waals surface area contributed by atoms with Crippen molar-refractivity contribution in [1.29, 1.82) is 0 Å². The number of rotatable bonds is 0. The number of hydrogen-bond acceptors (Lipinski definition) is 2. The second-order valence-corrected chi connectivity index (χ2v) is 3.77. The first-order valence-electron chi connectivity index (χ1n) is 4.62. The van der Waals surface area contributed by atoms with Gasteiger partial charge in [-0.1, -0.05) is 19.1 Å². The summed E-state index contributed by atoms with van der Waals surface area (Å²) < 4.78 is 5.04. The Morgan fingerprint density at radius 3 is 3.17 bits per heavy atom. The van der Waals surface area contributed by atoms with Crippen LogP contribution in [0.5, 0.6) is 0 Å². The lowest BCUT2D eigenvalue weighted by Crippen LogP contribution is -2.37. The van der Waals surface area contributed by atoms with Gasteiger partial charge in [-0.25, -0.2) is 0 Å². The zero-order valence-corrected chi connectivity index (χ0v) is 7.32. The monoisotopic (exact) mass is 166 g/mol. The Labute approximate surface area is 72.6 Å². The first kappa shape index (κ1) is 7.84. The molecule has 0 aromatic heterocycles. The van der Waals surface area contributed by atoms with E-state index in [1.165, 1.54) is 0 Å². The Morgan fingerprint density at radius 2 is 2.42 bits per heavy atom. The second-order valence-electron chi connectivity index (χ2n) is 3.77. The standard InChI is InChI=1S/C10H14O2/c1-7-3-2-4-8-5-6-12-10(11)9(7)8/h2-3,7-9H,4-6H2,1H3/t7-,8-,9+/m1/s1. The van der Waals surface area contributed by atoms with Crippen molar-refractivity contribution in [3.63, 3.8) is 0 Å². The van der Waals surface area contributed by atoms with Crippen LogP contribution in [-0.4, -0.2) is 12.6 Å². The Kier molecular flexibility index (Phi) is 1.91. The number of cyclic esters (lactones) is 1. The fourth-order valence-corrected chi connectivity index (χ4v) is 2.28. The van der Waals surface area contributed by atoms with E-state index < -0.39 is 0 Å². The van der Waals surface area contributed by atoms with Gasteiger partial charge in [-0.3, -0.25) is 4.79 Å². The highest BCUT2D eigenvalue weighted by atomic mass is 16.5. The molecule has 2 nitrogen and oxygen atoms in total. The van der Waals surface area contributed by atoms with Crippen LogP contribution in [0.25, 0.3) is 0 Å². The molecule has 12 heavy (non-hydrogen) atoms. The molecule has 0 spiro atoms. The predicted octanol–water partition coefficient (Wildman–Crippen LogP) is 1.76. The van der Waals surface area contributed by atoms with Crippen LogP contribution in [0.2, 0.25) is 0 Å². The molecule has 2 heteroatoms. The maximum absolute atomic E-state index is 11.4. The third kappa shape index (κ3) is 1.15. The number of ether oxygens (including phenoxy) is 1. The van der Waals surface area contributed by atoms with Crippen LogP contribution >= 0.6 is 0 Å². The average Bonchev–Trinajstić information content (AvgIpc) is 2.04. The van der Waals surface area contributed by atoms with Crippen molar-refractivity contribution in [2.45, 2.75) is 19.8 Å². The van der Waals surface area contributed by atoms with E-state index >= 15 is 0 Å². The minimum Gasteiger partial charge on any atom is -0.465 e. The predicted molar refractivity (Wildman–Crippen MR) is 45.5 cm³/mol. The third-order valence-corrected chi connectivity index (χ3v) is 2.96. The molecule has 1 heterocycles. The Hall–Kier alpha value is -0.790. The van der Waals surface area contributed by atoms with E-state index in [0.717, 1.165) is 12.8 Å². The normalized spacial score (nSPS) is 40.4. The first-order chi connectivity index (χ1) is 5.79. The quantitative estimate of drug-likeness (QED) is 0.405. The summed E-state index contributed by atoms with van der Waals surface area (Å²) in [6.45, 7) is 2.72. The van der Waals surface area contributed by atoms with Gasteiger partial charge in [0.05, 0.1) is 12.5 Å². The van der Waals surface area contributed by atoms with Gasteiger partial charge in [0.1, 0.15) is 0 Å². The van der Waals surface area contributed by atoms with Crippen molar-refractivity contribution in [3.05, 3.63) is 12.2 Å². The molecule has 3 atom stereocenters. The van der Waals surface area contributed by atoms with E-state index in [-0.39, 0.29) is 11.9 Å². The van der Waals surface area contributed by atoms with Crippen LogP contribution in [0.4, 0.5) is 0 Å². The summed E-state index contributed by atoms with van der Waals surface area (Å²) >= 11 is 0. The van der Waals surface area contributed by atoms with E-state index in [1.807, 2.05) is 0 Å². The molecule has 1 fully saturated rings. The van der Waals surface area contributed by atoms with Crippen molar-refractivity contribution in [2.24, 2.45) is 17.8 Å². The van der Waals surface area contributed by atoms with Gasteiger partial charge in [0.2, 0.25) is 0 Å². The van der Waals surface area contributed by atoms with Crippen LogP contribution in [-0.2, 0) is 9.53 Å². The van der Waals surface area contributed by atoms with Gasteiger partial charge in [0, 0.05) is 0 Å². The number of hydrogen-bond donors (Lipinski definition) is 0.